The van der Waals surface area contributed by atoms with Gasteiger partial charge in [-0.25, -0.2) is 0 Å². The number of aliphatic imine (C=N–C) groups is 2. The molecule has 0 saturated carbocycles. The SMILES string of the molecule is C=C/N=C(\C/C=C\C)CCNC1CC=CC(C(C)C)=N1. The molecule has 0 saturated heterocycles. The fraction of sp³-hybridized carbons (Fsp3) is 0.529. The summed E-state index contributed by atoms with van der Waals surface area (Å²) in [7, 11) is 0. The van der Waals surface area contributed by atoms with E-state index < -0.39 is 0 Å². The third-order valence-corrected chi connectivity index (χ3v) is 3.20. The molecule has 0 radical (unpaired) electrons. The maximum absolute atomic E-state index is 4.73. The molecule has 1 atom stereocenters. The number of dihydropyridines is 1. The zero-order valence-electron chi connectivity index (χ0n) is 13.0. The molecular weight excluding hydrogens is 246 g/mol. The van der Waals surface area contributed by atoms with E-state index in [1.807, 2.05) is 6.92 Å². The molecule has 1 unspecified atom stereocenters. The smallest absolute Gasteiger partial charge is 0.103 e. The zero-order valence-corrected chi connectivity index (χ0v) is 13.0. The van der Waals surface area contributed by atoms with Gasteiger partial charge in [0.2, 0.25) is 0 Å². The zero-order chi connectivity index (χ0) is 14.8. The van der Waals surface area contributed by atoms with Crippen molar-refractivity contribution in [1.82, 2.24) is 5.32 Å². The highest BCUT2D eigenvalue weighted by Crippen LogP contribution is 2.10. The molecule has 0 bridgehead atoms. The van der Waals surface area contributed by atoms with E-state index in [0.717, 1.165) is 31.5 Å². The monoisotopic (exact) mass is 273 g/mol. The summed E-state index contributed by atoms with van der Waals surface area (Å²) in [6.07, 6.45) is 13.2. The predicted molar refractivity (Wildman–Crippen MR) is 89.5 cm³/mol. The number of hydrogen-bond donors (Lipinski definition) is 1. The van der Waals surface area contributed by atoms with Gasteiger partial charge < -0.3 is 0 Å². The maximum atomic E-state index is 4.73. The number of nitrogens with zero attached hydrogens (tertiary/aromatic N) is 2. The van der Waals surface area contributed by atoms with E-state index >= 15 is 0 Å². The van der Waals surface area contributed by atoms with Crippen LogP contribution in [0.3, 0.4) is 0 Å². The Morgan fingerprint density at radius 3 is 3.05 bits per heavy atom. The van der Waals surface area contributed by atoms with Crippen molar-refractivity contribution in [3.8, 4) is 0 Å². The minimum atomic E-state index is 0.212. The topological polar surface area (TPSA) is 36.8 Å². The molecule has 0 aromatic rings. The van der Waals surface area contributed by atoms with Crippen LogP contribution in [0.5, 0.6) is 0 Å². The van der Waals surface area contributed by atoms with E-state index in [0.29, 0.717) is 5.92 Å². The molecule has 0 fully saturated rings. The Balaban J connectivity index is 2.41. The minimum Gasteiger partial charge on any atom is -0.295 e. The van der Waals surface area contributed by atoms with Crippen LogP contribution in [0.25, 0.3) is 0 Å². The fourth-order valence-corrected chi connectivity index (χ4v) is 2.05. The molecule has 0 aromatic carbocycles. The van der Waals surface area contributed by atoms with Crippen molar-refractivity contribution in [3.05, 3.63) is 37.1 Å². The second kappa shape index (κ2) is 9.43. The lowest BCUT2D eigenvalue weighted by Crippen LogP contribution is -2.32. The summed E-state index contributed by atoms with van der Waals surface area (Å²) in [5.41, 5.74) is 2.34. The summed E-state index contributed by atoms with van der Waals surface area (Å²) in [4.78, 5) is 9.06. The van der Waals surface area contributed by atoms with Gasteiger partial charge in [-0.05, 0) is 25.3 Å². The van der Waals surface area contributed by atoms with Crippen LogP contribution in [0, 0.1) is 5.92 Å². The van der Waals surface area contributed by atoms with Gasteiger partial charge in [-0.1, -0.05) is 38.7 Å². The van der Waals surface area contributed by atoms with Crippen LogP contribution in [0.2, 0.25) is 0 Å². The molecule has 0 spiro atoms. The van der Waals surface area contributed by atoms with Gasteiger partial charge in [0.1, 0.15) is 6.17 Å². The van der Waals surface area contributed by atoms with E-state index in [9.17, 15) is 0 Å². The van der Waals surface area contributed by atoms with Gasteiger partial charge in [-0.15, -0.1) is 0 Å². The first-order chi connectivity index (χ1) is 9.67. The van der Waals surface area contributed by atoms with Gasteiger partial charge in [0.05, 0.1) is 0 Å². The van der Waals surface area contributed by atoms with Crippen LogP contribution in [-0.2, 0) is 0 Å². The van der Waals surface area contributed by atoms with Gasteiger partial charge in [-0.2, -0.15) is 0 Å². The number of nitrogens with one attached hydrogen (secondary N) is 1. The molecule has 0 amide bonds. The Hall–Kier alpha value is -1.48. The Bertz CT molecular complexity index is 414. The summed E-state index contributed by atoms with van der Waals surface area (Å²) in [6, 6.07) is 0. The Morgan fingerprint density at radius 2 is 2.40 bits per heavy atom. The summed E-state index contributed by atoms with van der Waals surface area (Å²) in [6.45, 7) is 11.0. The van der Waals surface area contributed by atoms with E-state index in [4.69, 9.17) is 4.99 Å². The molecule has 1 N–H and O–H groups in total. The summed E-state index contributed by atoms with van der Waals surface area (Å²) in [5, 5.41) is 3.49. The highest BCUT2D eigenvalue weighted by molar-refractivity contribution is 5.97. The molecule has 1 aliphatic rings. The third-order valence-electron chi connectivity index (χ3n) is 3.20. The van der Waals surface area contributed by atoms with E-state index in [1.54, 1.807) is 6.20 Å². The number of hydrogen-bond acceptors (Lipinski definition) is 3. The average molecular weight is 273 g/mol. The van der Waals surface area contributed by atoms with Crippen molar-refractivity contribution in [1.29, 1.82) is 0 Å². The maximum Gasteiger partial charge on any atom is 0.103 e. The Morgan fingerprint density at radius 1 is 1.60 bits per heavy atom. The normalized spacial score (nSPS) is 19.7. The lowest BCUT2D eigenvalue weighted by molar-refractivity contribution is 0.537. The molecule has 0 aromatic heterocycles. The Labute approximate surface area is 123 Å². The number of rotatable bonds is 8. The minimum absolute atomic E-state index is 0.212. The molecule has 3 heteroatoms. The highest BCUT2D eigenvalue weighted by atomic mass is 15.1. The van der Waals surface area contributed by atoms with Crippen LogP contribution < -0.4 is 5.32 Å². The van der Waals surface area contributed by atoms with Crippen molar-refractivity contribution >= 4 is 11.4 Å². The number of allylic oxidation sites excluding steroid dienone is 3. The van der Waals surface area contributed by atoms with Gasteiger partial charge in [0.25, 0.3) is 0 Å². The van der Waals surface area contributed by atoms with Crippen LogP contribution in [-0.4, -0.2) is 24.1 Å². The molecule has 1 heterocycles. The third kappa shape index (κ3) is 6.11. The van der Waals surface area contributed by atoms with Gasteiger partial charge in [-0.3, -0.25) is 15.3 Å². The van der Waals surface area contributed by atoms with Crippen LogP contribution >= 0.6 is 0 Å². The van der Waals surface area contributed by atoms with Crippen molar-refractivity contribution in [2.24, 2.45) is 15.9 Å². The Kier molecular flexibility index (Phi) is 7.81. The lowest BCUT2D eigenvalue weighted by atomic mass is 10.0. The largest absolute Gasteiger partial charge is 0.295 e. The standard InChI is InChI=1S/C17H27N3/c1-5-7-9-15(18-6-2)12-13-19-17-11-8-10-16(20-17)14(3)4/h5-8,10,14,17,19H,2,9,11-13H2,1,3-4H3/b7-5-,18-15+. The van der Waals surface area contributed by atoms with Crippen LogP contribution in [0.4, 0.5) is 0 Å². The van der Waals surface area contributed by atoms with E-state index in [1.165, 1.54) is 5.71 Å². The van der Waals surface area contributed by atoms with Crippen molar-refractivity contribution in [2.45, 2.75) is 46.2 Å². The molecule has 20 heavy (non-hydrogen) atoms. The van der Waals surface area contributed by atoms with E-state index in [2.05, 4.69) is 55.0 Å². The first kappa shape index (κ1) is 16.6. The molecule has 3 nitrogen and oxygen atoms in total. The van der Waals surface area contributed by atoms with Crippen LogP contribution in [0.1, 0.15) is 40.0 Å². The second-order valence-corrected chi connectivity index (χ2v) is 5.22. The first-order valence-corrected chi connectivity index (χ1v) is 7.42. The predicted octanol–water partition coefficient (Wildman–Crippen LogP) is 3.90. The summed E-state index contributed by atoms with van der Waals surface area (Å²) >= 11 is 0. The van der Waals surface area contributed by atoms with Gasteiger partial charge in [0.15, 0.2) is 0 Å². The summed E-state index contributed by atoms with van der Waals surface area (Å²) < 4.78 is 0. The second-order valence-electron chi connectivity index (χ2n) is 5.22. The molecular formula is C17H27N3. The average Bonchev–Trinajstić information content (AvgIpc) is 2.45. The molecule has 0 aliphatic carbocycles. The van der Waals surface area contributed by atoms with Gasteiger partial charge >= 0.3 is 0 Å². The van der Waals surface area contributed by atoms with E-state index in [-0.39, 0.29) is 6.17 Å². The van der Waals surface area contributed by atoms with Crippen molar-refractivity contribution in [3.63, 3.8) is 0 Å². The van der Waals surface area contributed by atoms with Crippen molar-refractivity contribution in [2.75, 3.05) is 6.54 Å². The highest BCUT2D eigenvalue weighted by Gasteiger charge is 2.12. The molecule has 1 aliphatic heterocycles. The van der Waals surface area contributed by atoms with Crippen molar-refractivity contribution < 1.29 is 0 Å². The lowest BCUT2D eigenvalue weighted by Gasteiger charge is -2.19. The van der Waals surface area contributed by atoms with Gasteiger partial charge in [0, 0.05) is 37.0 Å². The molecule has 1 rings (SSSR count). The quantitative estimate of drug-likeness (QED) is 0.528. The summed E-state index contributed by atoms with van der Waals surface area (Å²) in [5.74, 6) is 0.489. The first-order valence-electron chi connectivity index (χ1n) is 7.42. The molecule has 110 valence electrons. The van der Waals surface area contributed by atoms with Crippen LogP contribution in [0.15, 0.2) is 47.1 Å². The fourth-order valence-electron chi connectivity index (χ4n) is 2.05.